The van der Waals surface area contributed by atoms with Gasteiger partial charge < -0.3 is 4.74 Å². The molecule has 7 nitrogen and oxygen atoms in total. The average molecular weight is 476 g/mol. The molecule has 2 unspecified atom stereocenters. The third kappa shape index (κ3) is 5.36. The molecule has 0 amide bonds. The van der Waals surface area contributed by atoms with Crippen LogP contribution in [0.15, 0.2) is 77.7 Å². The summed E-state index contributed by atoms with van der Waals surface area (Å²) in [6.07, 6.45) is 0.918. The summed E-state index contributed by atoms with van der Waals surface area (Å²) in [6, 6.07) is 21.4. The molecule has 1 aliphatic heterocycles. The molecule has 2 atom stereocenters. The molecule has 0 saturated carbocycles. The monoisotopic (exact) mass is 475 g/mol. The van der Waals surface area contributed by atoms with E-state index in [1.807, 2.05) is 54.6 Å². The zero-order valence-corrected chi connectivity index (χ0v) is 19.3. The maximum Gasteiger partial charge on any atom is 0.264 e. The van der Waals surface area contributed by atoms with Gasteiger partial charge in [-0.3, -0.25) is 4.18 Å². The molecule has 0 N–H and O–H groups in total. The Bertz CT molecular complexity index is 1290. The van der Waals surface area contributed by atoms with Gasteiger partial charge in [0.15, 0.2) is 0 Å². The Morgan fingerprint density at radius 3 is 2.31 bits per heavy atom. The van der Waals surface area contributed by atoms with E-state index in [2.05, 4.69) is 0 Å². The second kappa shape index (κ2) is 9.29. The average Bonchev–Trinajstić information content (AvgIpc) is 3.20. The van der Waals surface area contributed by atoms with Gasteiger partial charge in [-0.1, -0.05) is 60.7 Å². The maximum absolute atomic E-state index is 13.5. The van der Waals surface area contributed by atoms with Crippen molar-refractivity contribution in [1.82, 2.24) is 4.31 Å². The second-order valence-electron chi connectivity index (χ2n) is 7.88. The van der Waals surface area contributed by atoms with Crippen LogP contribution in [0, 0.1) is 0 Å². The van der Waals surface area contributed by atoms with Crippen molar-refractivity contribution >= 4 is 30.9 Å². The standard InChI is InChI=1S/C23H25NO6S2/c1-31(25,26)30-17-21-14-22(29-16-18-7-3-2-4-8-18)15-24(21)32(27,28)23-12-11-19-9-5-6-10-20(19)13-23/h2-13,21-22H,14-17H2,1H3. The Morgan fingerprint density at radius 2 is 1.59 bits per heavy atom. The first-order valence-electron chi connectivity index (χ1n) is 10.2. The van der Waals surface area contributed by atoms with E-state index < -0.39 is 26.2 Å². The minimum atomic E-state index is -3.88. The van der Waals surface area contributed by atoms with Gasteiger partial charge in [0, 0.05) is 6.54 Å². The summed E-state index contributed by atoms with van der Waals surface area (Å²) in [5.41, 5.74) is 0.979. The number of hydrogen-bond donors (Lipinski definition) is 0. The Morgan fingerprint density at radius 1 is 0.906 bits per heavy atom. The number of nitrogens with zero attached hydrogens (tertiary/aromatic N) is 1. The summed E-state index contributed by atoms with van der Waals surface area (Å²) in [5.74, 6) is 0. The van der Waals surface area contributed by atoms with Gasteiger partial charge in [0.1, 0.15) is 0 Å². The van der Waals surface area contributed by atoms with Crippen LogP contribution in [0.4, 0.5) is 0 Å². The molecular weight excluding hydrogens is 450 g/mol. The van der Waals surface area contributed by atoms with Crippen molar-refractivity contribution in [1.29, 1.82) is 0 Å². The van der Waals surface area contributed by atoms with E-state index >= 15 is 0 Å². The SMILES string of the molecule is CS(=O)(=O)OCC1CC(OCc2ccccc2)CN1S(=O)(=O)c1ccc2ccccc2c1. The number of benzene rings is 3. The van der Waals surface area contributed by atoms with Crippen molar-refractivity contribution in [2.45, 2.75) is 30.1 Å². The molecule has 32 heavy (non-hydrogen) atoms. The summed E-state index contributed by atoms with van der Waals surface area (Å²) in [7, 11) is -7.59. The lowest BCUT2D eigenvalue weighted by Gasteiger charge is -2.23. The minimum absolute atomic E-state index is 0.125. The van der Waals surface area contributed by atoms with Crippen molar-refractivity contribution in [2.24, 2.45) is 0 Å². The minimum Gasteiger partial charge on any atom is -0.372 e. The number of hydrogen-bond acceptors (Lipinski definition) is 6. The van der Waals surface area contributed by atoms with Crippen LogP contribution in [0.3, 0.4) is 0 Å². The van der Waals surface area contributed by atoms with Crippen LogP contribution in [0.25, 0.3) is 10.8 Å². The van der Waals surface area contributed by atoms with Crippen LogP contribution >= 0.6 is 0 Å². The smallest absolute Gasteiger partial charge is 0.264 e. The molecule has 0 bridgehead atoms. The number of ether oxygens (including phenoxy) is 1. The molecule has 170 valence electrons. The molecule has 1 saturated heterocycles. The van der Waals surface area contributed by atoms with Crippen LogP contribution in [-0.4, -0.2) is 52.7 Å². The van der Waals surface area contributed by atoms with Gasteiger partial charge >= 0.3 is 0 Å². The molecule has 0 aromatic heterocycles. The van der Waals surface area contributed by atoms with Crippen molar-refractivity contribution in [3.05, 3.63) is 78.4 Å². The van der Waals surface area contributed by atoms with Crippen LogP contribution in [-0.2, 0) is 35.7 Å². The summed E-state index contributed by atoms with van der Waals surface area (Å²) in [4.78, 5) is 0.157. The number of rotatable bonds is 8. The summed E-state index contributed by atoms with van der Waals surface area (Å²) < 4.78 is 62.3. The first kappa shape index (κ1) is 22.9. The van der Waals surface area contributed by atoms with Crippen molar-refractivity contribution in [2.75, 3.05) is 19.4 Å². The van der Waals surface area contributed by atoms with E-state index in [-0.39, 0.29) is 24.2 Å². The summed E-state index contributed by atoms with van der Waals surface area (Å²) >= 11 is 0. The van der Waals surface area contributed by atoms with E-state index in [4.69, 9.17) is 8.92 Å². The molecule has 1 aliphatic rings. The molecule has 1 fully saturated rings. The lowest BCUT2D eigenvalue weighted by atomic mass is 10.1. The Kier molecular flexibility index (Phi) is 6.64. The predicted molar refractivity (Wildman–Crippen MR) is 122 cm³/mol. The molecule has 4 rings (SSSR count). The highest BCUT2D eigenvalue weighted by Crippen LogP contribution is 2.30. The fourth-order valence-electron chi connectivity index (χ4n) is 3.87. The Balaban J connectivity index is 1.58. The van der Waals surface area contributed by atoms with E-state index in [9.17, 15) is 16.8 Å². The Hall–Kier alpha value is -2.30. The van der Waals surface area contributed by atoms with Crippen LogP contribution < -0.4 is 0 Å². The van der Waals surface area contributed by atoms with Crippen molar-refractivity contribution < 1.29 is 25.8 Å². The quantitative estimate of drug-likeness (QED) is 0.465. The summed E-state index contributed by atoms with van der Waals surface area (Å²) in [6.45, 7) is 0.214. The highest BCUT2D eigenvalue weighted by molar-refractivity contribution is 7.89. The van der Waals surface area contributed by atoms with E-state index in [0.29, 0.717) is 13.0 Å². The fourth-order valence-corrected chi connectivity index (χ4v) is 5.96. The summed E-state index contributed by atoms with van der Waals surface area (Å²) in [5, 5.41) is 1.75. The predicted octanol–water partition coefficient (Wildman–Crippen LogP) is 3.16. The van der Waals surface area contributed by atoms with Crippen LogP contribution in [0.2, 0.25) is 0 Å². The van der Waals surface area contributed by atoms with Crippen LogP contribution in [0.1, 0.15) is 12.0 Å². The van der Waals surface area contributed by atoms with E-state index in [0.717, 1.165) is 22.6 Å². The van der Waals surface area contributed by atoms with Gasteiger partial charge in [0.2, 0.25) is 10.0 Å². The Labute approximate surface area is 188 Å². The van der Waals surface area contributed by atoms with Gasteiger partial charge in [-0.25, -0.2) is 8.42 Å². The van der Waals surface area contributed by atoms with Gasteiger partial charge in [-0.15, -0.1) is 0 Å². The van der Waals surface area contributed by atoms with Crippen LogP contribution in [0.5, 0.6) is 0 Å². The van der Waals surface area contributed by atoms with Crippen molar-refractivity contribution in [3.63, 3.8) is 0 Å². The van der Waals surface area contributed by atoms with Gasteiger partial charge in [0.05, 0.1) is 36.5 Å². The van der Waals surface area contributed by atoms with Gasteiger partial charge in [-0.05, 0) is 34.9 Å². The molecule has 0 radical (unpaired) electrons. The number of fused-ring (bicyclic) bond motifs is 1. The third-order valence-corrected chi connectivity index (χ3v) is 7.93. The van der Waals surface area contributed by atoms with Gasteiger partial charge in [-0.2, -0.15) is 12.7 Å². The lowest BCUT2D eigenvalue weighted by molar-refractivity contribution is 0.0497. The molecule has 0 aliphatic carbocycles. The normalized spacial score (nSPS) is 20.0. The molecule has 9 heteroatoms. The highest BCUT2D eigenvalue weighted by Gasteiger charge is 2.41. The first-order valence-corrected chi connectivity index (χ1v) is 13.5. The first-order chi connectivity index (χ1) is 15.2. The topological polar surface area (TPSA) is 90.0 Å². The molecule has 1 heterocycles. The van der Waals surface area contributed by atoms with E-state index in [1.54, 1.807) is 18.2 Å². The third-order valence-electron chi connectivity index (χ3n) is 5.46. The largest absolute Gasteiger partial charge is 0.372 e. The second-order valence-corrected chi connectivity index (χ2v) is 11.4. The highest BCUT2D eigenvalue weighted by atomic mass is 32.2. The zero-order valence-electron chi connectivity index (χ0n) is 17.6. The maximum atomic E-state index is 13.5. The van der Waals surface area contributed by atoms with Gasteiger partial charge in [0.25, 0.3) is 10.1 Å². The van der Waals surface area contributed by atoms with Crippen molar-refractivity contribution in [3.8, 4) is 0 Å². The molecule has 3 aromatic rings. The molecule has 3 aromatic carbocycles. The zero-order chi connectivity index (χ0) is 22.8. The molecule has 0 spiro atoms. The fraction of sp³-hybridized carbons (Fsp3) is 0.304. The molecular formula is C23H25NO6S2. The lowest BCUT2D eigenvalue weighted by Crippen LogP contribution is -2.39. The number of sulfonamides is 1. The van der Waals surface area contributed by atoms with E-state index in [1.165, 1.54) is 4.31 Å².